The molecule has 2 unspecified atom stereocenters. The lowest BCUT2D eigenvalue weighted by atomic mass is 9.92. The number of fused-ring (bicyclic) bond motifs is 3. The highest BCUT2D eigenvalue weighted by atomic mass is 32.1. The van der Waals surface area contributed by atoms with Crippen LogP contribution in [0.5, 0.6) is 0 Å². The summed E-state index contributed by atoms with van der Waals surface area (Å²) in [5.41, 5.74) is 4.21. The molecular weight excluding hydrogens is 512 g/mol. The van der Waals surface area contributed by atoms with Gasteiger partial charge in [-0.05, 0) is 55.9 Å². The molecule has 1 aliphatic heterocycles. The number of piperidine rings is 1. The highest BCUT2D eigenvalue weighted by molar-refractivity contribution is 7.18. The van der Waals surface area contributed by atoms with Gasteiger partial charge in [-0.3, -0.25) is 9.78 Å². The molecule has 2 N–H and O–H groups in total. The molecule has 1 saturated heterocycles. The molecule has 5 heterocycles. The fourth-order valence-corrected chi connectivity index (χ4v) is 6.59. The summed E-state index contributed by atoms with van der Waals surface area (Å²) in [6, 6.07) is 11.6. The first-order chi connectivity index (χ1) is 18.9. The van der Waals surface area contributed by atoms with Crippen molar-refractivity contribution in [2.75, 3.05) is 23.3 Å². The van der Waals surface area contributed by atoms with Crippen molar-refractivity contribution in [3.8, 4) is 34.1 Å². The van der Waals surface area contributed by atoms with E-state index >= 15 is 0 Å². The van der Waals surface area contributed by atoms with E-state index in [1.165, 1.54) is 17.5 Å². The quantitative estimate of drug-likeness (QED) is 0.376. The maximum absolute atomic E-state index is 11.7. The second-order valence-electron chi connectivity index (χ2n) is 10.1. The zero-order chi connectivity index (χ0) is 27.1. The van der Waals surface area contributed by atoms with E-state index in [0.717, 1.165) is 53.5 Å². The third-order valence-electron chi connectivity index (χ3n) is 7.48. The fraction of sp³-hybridized carbons (Fsp3) is 0.370. The van der Waals surface area contributed by atoms with Gasteiger partial charge >= 0.3 is 0 Å². The number of anilines is 2. The second-order valence-corrected chi connectivity index (χ2v) is 11.1. The number of nitrogens with zero attached hydrogens (tertiary/aromatic N) is 8. The SMILES string of the molecule is CC(=O)NC1C2CCC1CN(c1nnc(-c3cnc(-c4ccc5cc(C#N)cnn45)cc3N[C@H](C)C#N)s1)C2. The smallest absolute Gasteiger partial charge is 0.217 e. The van der Waals surface area contributed by atoms with E-state index < -0.39 is 6.04 Å². The molecule has 4 aromatic rings. The Labute approximate surface area is 229 Å². The number of carbonyl (C=O) groups is 1. The molecule has 4 aromatic heterocycles. The third kappa shape index (κ3) is 4.64. The summed E-state index contributed by atoms with van der Waals surface area (Å²) in [7, 11) is 0. The number of carbonyl (C=O) groups excluding carboxylic acids is 1. The van der Waals surface area contributed by atoms with Gasteiger partial charge in [-0.25, -0.2) is 4.52 Å². The van der Waals surface area contributed by atoms with Gasteiger partial charge in [0.1, 0.15) is 12.1 Å². The van der Waals surface area contributed by atoms with Gasteiger partial charge in [0.2, 0.25) is 11.0 Å². The summed E-state index contributed by atoms with van der Waals surface area (Å²) in [5, 5.41) is 40.1. The lowest BCUT2D eigenvalue weighted by Gasteiger charge is -2.37. The number of pyridine rings is 1. The molecule has 196 valence electrons. The normalized spacial score (nSPS) is 20.8. The van der Waals surface area contributed by atoms with E-state index in [4.69, 9.17) is 4.98 Å². The Kier molecular flexibility index (Phi) is 6.33. The predicted molar refractivity (Wildman–Crippen MR) is 147 cm³/mol. The van der Waals surface area contributed by atoms with Crippen molar-refractivity contribution in [1.82, 2.24) is 30.1 Å². The molecular formula is C27H26N10OS. The van der Waals surface area contributed by atoms with Gasteiger partial charge in [-0.15, -0.1) is 10.2 Å². The monoisotopic (exact) mass is 538 g/mol. The zero-order valence-corrected chi connectivity index (χ0v) is 22.3. The van der Waals surface area contributed by atoms with E-state index in [1.54, 1.807) is 30.6 Å². The lowest BCUT2D eigenvalue weighted by molar-refractivity contribution is -0.120. The average Bonchev–Trinajstić information content (AvgIpc) is 3.64. The summed E-state index contributed by atoms with van der Waals surface area (Å²) < 4.78 is 1.74. The summed E-state index contributed by atoms with van der Waals surface area (Å²) in [4.78, 5) is 18.7. The summed E-state index contributed by atoms with van der Waals surface area (Å²) >= 11 is 1.50. The van der Waals surface area contributed by atoms with Crippen LogP contribution in [0.25, 0.3) is 27.5 Å². The zero-order valence-electron chi connectivity index (χ0n) is 21.5. The standard InChI is InChI=1S/C27H26N10OS/c1-15(9-28)32-22-8-23(24-6-5-20-7-17(10-29)11-31-37(20)24)30-12-21(22)26-34-35-27(39-26)36-13-18-3-4-19(14-36)25(18)33-16(2)38/h5-8,11-12,15,18-19,25H,3-4,13-14H2,1-2H3,(H,30,32)(H,33,38)/t15-,18?,19?,25?/m1/s1. The van der Waals surface area contributed by atoms with Crippen LogP contribution < -0.4 is 15.5 Å². The summed E-state index contributed by atoms with van der Waals surface area (Å²) in [5.74, 6) is 0.843. The van der Waals surface area contributed by atoms with Crippen LogP contribution in [0.3, 0.4) is 0 Å². The van der Waals surface area contributed by atoms with Gasteiger partial charge in [0, 0.05) is 37.9 Å². The van der Waals surface area contributed by atoms with Crippen LogP contribution in [0.4, 0.5) is 10.8 Å². The number of hydrogen-bond acceptors (Lipinski definition) is 10. The Morgan fingerprint density at radius 2 is 1.95 bits per heavy atom. The van der Waals surface area contributed by atoms with Crippen LogP contribution in [-0.4, -0.2) is 55.9 Å². The highest BCUT2D eigenvalue weighted by Gasteiger charge is 2.43. The van der Waals surface area contributed by atoms with E-state index in [9.17, 15) is 15.3 Å². The van der Waals surface area contributed by atoms with E-state index in [0.29, 0.717) is 28.1 Å². The molecule has 39 heavy (non-hydrogen) atoms. The van der Waals surface area contributed by atoms with Crippen molar-refractivity contribution in [2.45, 2.75) is 38.8 Å². The first kappa shape index (κ1) is 24.8. The largest absolute Gasteiger partial charge is 0.369 e. The molecule has 2 bridgehead atoms. The Balaban J connectivity index is 1.31. The van der Waals surface area contributed by atoms with Crippen LogP contribution in [-0.2, 0) is 4.79 Å². The molecule has 0 radical (unpaired) electrons. The Morgan fingerprint density at radius 3 is 2.67 bits per heavy atom. The fourth-order valence-electron chi connectivity index (χ4n) is 5.71. The van der Waals surface area contributed by atoms with Crippen LogP contribution in [0.15, 0.2) is 36.7 Å². The summed E-state index contributed by atoms with van der Waals surface area (Å²) in [6.07, 6.45) is 5.48. The van der Waals surface area contributed by atoms with Gasteiger partial charge in [0.05, 0.1) is 40.3 Å². The first-order valence-electron chi connectivity index (χ1n) is 12.8. The second kappa shape index (κ2) is 9.97. The van der Waals surface area contributed by atoms with E-state index in [1.807, 2.05) is 18.2 Å². The van der Waals surface area contributed by atoms with E-state index in [2.05, 4.69) is 43.0 Å². The van der Waals surface area contributed by atoms with Crippen molar-refractivity contribution in [1.29, 1.82) is 10.5 Å². The number of nitrogens with one attached hydrogen (secondary N) is 2. The topological polar surface area (TPSA) is 148 Å². The number of rotatable bonds is 6. The van der Waals surface area contributed by atoms with Crippen molar-refractivity contribution in [3.63, 3.8) is 0 Å². The van der Waals surface area contributed by atoms with Gasteiger partial charge in [-0.2, -0.15) is 15.6 Å². The van der Waals surface area contributed by atoms with Gasteiger partial charge in [0.25, 0.3) is 0 Å². The molecule has 3 atom stereocenters. The molecule has 11 nitrogen and oxygen atoms in total. The van der Waals surface area contributed by atoms with Crippen LogP contribution >= 0.6 is 11.3 Å². The van der Waals surface area contributed by atoms with Crippen molar-refractivity contribution in [3.05, 3.63) is 42.2 Å². The summed E-state index contributed by atoms with van der Waals surface area (Å²) in [6.45, 7) is 5.06. The number of nitriles is 2. The van der Waals surface area contributed by atoms with Crippen LogP contribution in [0, 0.1) is 34.5 Å². The predicted octanol–water partition coefficient (Wildman–Crippen LogP) is 3.46. The molecule has 6 rings (SSSR count). The molecule has 2 fully saturated rings. The average molecular weight is 539 g/mol. The lowest BCUT2D eigenvalue weighted by Crippen LogP contribution is -2.52. The Morgan fingerprint density at radius 1 is 1.15 bits per heavy atom. The first-order valence-corrected chi connectivity index (χ1v) is 13.7. The van der Waals surface area contributed by atoms with Crippen LogP contribution in [0.1, 0.15) is 32.3 Å². The Bertz CT molecular complexity index is 1630. The molecule has 1 aliphatic carbocycles. The minimum atomic E-state index is -0.435. The van der Waals surface area contributed by atoms with Gasteiger partial charge in [-0.1, -0.05) is 11.3 Å². The molecule has 0 aromatic carbocycles. The molecule has 1 amide bonds. The number of amides is 1. The van der Waals surface area contributed by atoms with Crippen LogP contribution in [0.2, 0.25) is 0 Å². The molecule has 12 heteroatoms. The van der Waals surface area contributed by atoms with E-state index in [-0.39, 0.29) is 11.9 Å². The minimum absolute atomic E-state index is 0.0296. The molecule has 0 spiro atoms. The maximum atomic E-state index is 11.7. The Hall–Kier alpha value is -4.55. The third-order valence-corrected chi connectivity index (χ3v) is 8.50. The number of aromatic nitrogens is 5. The van der Waals surface area contributed by atoms with Crippen molar-refractivity contribution < 1.29 is 4.79 Å². The van der Waals surface area contributed by atoms with Gasteiger partial charge < -0.3 is 15.5 Å². The van der Waals surface area contributed by atoms with Crippen molar-refractivity contribution in [2.24, 2.45) is 11.8 Å². The highest BCUT2D eigenvalue weighted by Crippen LogP contribution is 2.41. The molecule has 2 aliphatic rings. The molecule has 1 saturated carbocycles. The van der Waals surface area contributed by atoms with Gasteiger partial charge in [0.15, 0.2) is 5.01 Å². The number of hydrogen-bond donors (Lipinski definition) is 2. The van der Waals surface area contributed by atoms with Crippen molar-refractivity contribution >= 4 is 33.6 Å². The maximum Gasteiger partial charge on any atom is 0.217 e. The minimum Gasteiger partial charge on any atom is -0.369 e.